The Labute approximate surface area is 119 Å². The van der Waals surface area contributed by atoms with Crippen LogP contribution in [0.3, 0.4) is 0 Å². The summed E-state index contributed by atoms with van der Waals surface area (Å²) in [6.07, 6.45) is 5.08. The average molecular weight is 269 g/mol. The van der Waals surface area contributed by atoms with Crippen molar-refractivity contribution in [1.29, 1.82) is 0 Å². The first-order valence-electron chi connectivity index (χ1n) is 7.16. The number of nitrogens with one attached hydrogen (secondary N) is 1. The van der Waals surface area contributed by atoms with E-state index in [4.69, 9.17) is 0 Å². The summed E-state index contributed by atoms with van der Waals surface area (Å²) in [7, 11) is 0. The van der Waals surface area contributed by atoms with Crippen LogP contribution in [0.5, 0.6) is 0 Å². The minimum atomic E-state index is 0.724. The molecule has 0 bridgehead atoms. The number of para-hydroxylation sites is 1. The normalized spacial score (nSPS) is 14.6. The van der Waals surface area contributed by atoms with E-state index in [1.807, 2.05) is 6.07 Å². The van der Waals surface area contributed by atoms with Gasteiger partial charge in [-0.2, -0.15) is 10.1 Å². The fraction of sp³-hybridized carbons (Fsp3) is 0.400. The number of aryl methyl sites for hydroxylation is 1. The summed E-state index contributed by atoms with van der Waals surface area (Å²) in [5.74, 6) is 1.48. The number of aromatic nitrogens is 3. The number of hydrogen-bond donors (Lipinski definition) is 1. The summed E-state index contributed by atoms with van der Waals surface area (Å²) in [6.45, 7) is 4.20. The van der Waals surface area contributed by atoms with Gasteiger partial charge in [-0.05, 0) is 30.9 Å². The number of benzene rings is 1. The molecular weight excluding hydrogens is 250 g/mol. The predicted molar refractivity (Wildman–Crippen MR) is 80.4 cm³/mol. The molecule has 0 radical (unpaired) electrons. The molecule has 1 aromatic carbocycles. The van der Waals surface area contributed by atoms with Crippen molar-refractivity contribution in [3.8, 4) is 0 Å². The summed E-state index contributed by atoms with van der Waals surface area (Å²) in [5, 5.41) is 11.5. The third-order valence-corrected chi connectivity index (χ3v) is 3.60. The maximum Gasteiger partial charge on any atom is 0.247 e. The highest BCUT2D eigenvalue weighted by Crippen LogP contribution is 2.21. The Morgan fingerprint density at radius 3 is 2.80 bits per heavy atom. The molecule has 1 saturated heterocycles. The fourth-order valence-electron chi connectivity index (χ4n) is 2.49. The van der Waals surface area contributed by atoms with Gasteiger partial charge in [-0.1, -0.05) is 25.1 Å². The van der Waals surface area contributed by atoms with Gasteiger partial charge in [0.2, 0.25) is 5.95 Å². The molecule has 1 fully saturated rings. The summed E-state index contributed by atoms with van der Waals surface area (Å²) < 4.78 is 0. The van der Waals surface area contributed by atoms with Crippen LogP contribution < -0.4 is 10.2 Å². The second-order valence-corrected chi connectivity index (χ2v) is 4.97. The molecule has 1 aliphatic rings. The SMILES string of the molecule is CCc1ccccc1Nc1cnnc(N2CCCC2)n1. The van der Waals surface area contributed by atoms with Crippen LogP contribution >= 0.6 is 0 Å². The molecule has 0 atom stereocenters. The quantitative estimate of drug-likeness (QED) is 0.925. The molecule has 0 aliphatic carbocycles. The lowest BCUT2D eigenvalue weighted by Gasteiger charge is -2.15. The molecule has 0 unspecified atom stereocenters. The first kappa shape index (κ1) is 12.8. The highest BCUT2D eigenvalue weighted by atomic mass is 15.3. The van der Waals surface area contributed by atoms with E-state index in [-0.39, 0.29) is 0 Å². The van der Waals surface area contributed by atoms with Crippen LogP contribution in [0.1, 0.15) is 25.3 Å². The van der Waals surface area contributed by atoms with Crippen molar-refractivity contribution < 1.29 is 0 Å². The van der Waals surface area contributed by atoms with E-state index in [1.165, 1.54) is 18.4 Å². The molecule has 0 saturated carbocycles. The molecule has 104 valence electrons. The second kappa shape index (κ2) is 5.86. The zero-order valence-corrected chi connectivity index (χ0v) is 11.7. The van der Waals surface area contributed by atoms with Gasteiger partial charge in [0.05, 0.1) is 6.20 Å². The zero-order valence-electron chi connectivity index (χ0n) is 11.7. The summed E-state index contributed by atoms with van der Waals surface area (Å²) in [6, 6.07) is 8.27. The van der Waals surface area contributed by atoms with Gasteiger partial charge in [-0.3, -0.25) is 0 Å². The number of hydrogen-bond acceptors (Lipinski definition) is 5. The lowest BCUT2D eigenvalue weighted by Crippen LogP contribution is -2.21. The Morgan fingerprint density at radius 1 is 1.20 bits per heavy atom. The summed E-state index contributed by atoms with van der Waals surface area (Å²) in [5.41, 5.74) is 2.36. The van der Waals surface area contributed by atoms with E-state index in [9.17, 15) is 0 Å². The fourth-order valence-corrected chi connectivity index (χ4v) is 2.49. The highest BCUT2D eigenvalue weighted by molar-refractivity contribution is 5.60. The first-order chi connectivity index (χ1) is 9.86. The molecule has 0 spiro atoms. The van der Waals surface area contributed by atoms with E-state index in [1.54, 1.807) is 6.20 Å². The maximum atomic E-state index is 4.57. The maximum absolute atomic E-state index is 4.57. The first-order valence-corrected chi connectivity index (χ1v) is 7.16. The Kier molecular flexibility index (Phi) is 3.76. The molecule has 2 aromatic rings. The Balaban J connectivity index is 1.82. The van der Waals surface area contributed by atoms with Crippen LogP contribution in [0.25, 0.3) is 0 Å². The third-order valence-electron chi connectivity index (χ3n) is 3.60. The zero-order chi connectivity index (χ0) is 13.8. The van der Waals surface area contributed by atoms with E-state index in [2.05, 4.69) is 50.5 Å². The van der Waals surface area contributed by atoms with Crippen molar-refractivity contribution in [2.45, 2.75) is 26.2 Å². The van der Waals surface area contributed by atoms with Gasteiger partial charge < -0.3 is 10.2 Å². The van der Waals surface area contributed by atoms with Crippen molar-refractivity contribution in [3.05, 3.63) is 36.0 Å². The molecule has 20 heavy (non-hydrogen) atoms. The smallest absolute Gasteiger partial charge is 0.247 e. The van der Waals surface area contributed by atoms with Gasteiger partial charge in [0.25, 0.3) is 0 Å². The van der Waals surface area contributed by atoms with E-state index >= 15 is 0 Å². The van der Waals surface area contributed by atoms with Crippen LogP contribution in [0.15, 0.2) is 30.5 Å². The second-order valence-electron chi connectivity index (χ2n) is 4.97. The summed E-state index contributed by atoms with van der Waals surface area (Å²) >= 11 is 0. The minimum Gasteiger partial charge on any atom is -0.339 e. The van der Waals surface area contributed by atoms with Crippen LogP contribution in [-0.4, -0.2) is 28.3 Å². The standard InChI is InChI=1S/C15H19N5/c1-2-12-7-3-4-8-13(12)17-14-11-16-19-15(18-14)20-9-5-6-10-20/h3-4,7-8,11H,2,5-6,9-10H2,1H3,(H,17,18,19). The number of anilines is 3. The highest BCUT2D eigenvalue weighted by Gasteiger charge is 2.15. The Bertz CT molecular complexity index is 578. The molecule has 2 heterocycles. The van der Waals surface area contributed by atoms with Crippen LogP contribution in [0.2, 0.25) is 0 Å². The lowest BCUT2D eigenvalue weighted by atomic mass is 10.1. The molecule has 1 N–H and O–H groups in total. The molecule has 1 aromatic heterocycles. The number of nitrogens with zero attached hydrogens (tertiary/aromatic N) is 4. The molecule has 5 heteroatoms. The van der Waals surface area contributed by atoms with Crippen molar-refractivity contribution in [1.82, 2.24) is 15.2 Å². The molecule has 3 rings (SSSR count). The lowest BCUT2D eigenvalue weighted by molar-refractivity contribution is 0.852. The molecule has 1 aliphatic heterocycles. The van der Waals surface area contributed by atoms with Gasteiger partial charge in [0, 0.05) is 18.8 Å². The Morgan fingerprint density at radius 2 is 2.00 bits per heavy atom. The topological polar surface area (TPSA) is 53.9 Å². The van der Waals surface area contributed by atoms with Gasteiger partial charge in [-0.25, -0.2) is 0 Å². The van der Waals surface area contributed by atoms with Crippen molar-refractivity contribution in [3.63, 3.8) is 0 Å². The monoisotopic (exact) mass is 269 g/mol. The minimum absolute atomic E-state index is 0.724. The average Bonchev–Trinajstić information content (AvgIpc) is 3.02. The van der Waals surface area contributed by atoms with E-state index in [0.29, 0.717) is 0 Å². The largest absolute Gasteiger partial charge is 0.339 e. The number of rotatable bonds is 4. The van der Waals surface area contributed by atoms with Gasteiger partial charge in [-0.15, -0.1) is 5.10 Å². The molecular formula is C15H19N5. The van der Waals surface area contributed by atoms with Gasteiger partial charge >= 0.3 is 0 Å². The third kappa shape index (κ3) is 2.71. The van der Waals surface area contributed by atoms with Crippen LogP contribution in [0, 0.1) is 0 Å². The van der Waals surface area contributed by atoms with Crippen molar-refractivity contribution in [2.24, 2.45) is 0 Å². The van der Waals surface area contributed by atoms with Crippen LogP contribution in [-0.2, 0) is 6.42 Å². The van der Waals surface area contributed by atoms with Gasteiger partial charge in [0.15, 0.2) is 5.82 Å². The van der Waals surface area contributed by atoms with Crippen molar-refractivity contribution in [2.75, 3.05) is 23.3 Å². The Hall–Kier alpha value is -2.17. The predicted octanol–water partition coefficient (Wildman–Crippen LogP) is 2.78. The van der Waals surface area contributed by atoms with Crippen LogP contribution in [0.4, 0.5) is 17.5 Å². The molecule has 0 amide bonds. The van der Waals surface area contributed by atoms with E-state index in [0.717, 1.165) is 37.0 Å². The molecule has 5 nitrogen and oxygen atoms in total. The van der Waals surface area contributed by atoms with Gasteiger partial charge in [0.1, 0.15) is 0 Å². The van der Waals surface area contributed by atoms with Crippen molar-refractivity contribution >= 4 is 17.5 Å². The summed E-state index contributed by atoms with van der Waals surface area (Å²) in [4.78, 5) is 6.75. The van der Waals surface area contributed by atoms with E-state index < -0.39 is 0 Å².